The summed E-state index contributed by atoms with van der Waals surface area (Å²) in [6.45, 7) is 1.67. The highest BCUT2D eigenvalue weighted by Gasteiger charge is 2.23. The summed E-state index contributed by atoms with van der Waals surface area (Å²) in [5.74, 6) is -0.596. The van der Waals surface area contributed by atoms with Gasteiger partial charge in [-0.3, -0.25) is 0 Å². The van der Waals surface area contributed by atoms with Gasteiger partial charge in [0.15, 0.2) is 0 Å². The molecule has 0 unspecified atom stereocenters. The van der Waals surface area contributed by atoms with E-state index < -0.39 is 15.8 Å². The van der Waals surface area contributed by atoms with Crippen molar-refractivity contribution in [1.29, 1.82) is 0 Å². The first kappa shape index (κ1) is 16.2. The van der Waals surface area contributed by atoms with Crippen molar-refractivity contribution in [2.75, 3.05) is 12.8 Å². The first-order valence-corrected chi connectivity index (χ1v) is 8.61. The van der Waals surface area contributed by atoms with Gasteiger partial charge in [0.1, 0.15) is 5.82 Å². The topological polar surface area (TPSA) is 63.4 Å². The maximum absolute atomic E-state index is 13.5. The molecule has 0 amide bonds. The van der Waals surface area contributed by atoms with Crippen LogP contribution >= 0.6 is 22.9 Å². The van der Waals surface area contributed by atoms with Gasteiger partial charge in [-0.05, 0) is 36.8 Å². The fourth-order valence-corrected chi connectivity index (χ4v) is 4.33. The molecule has 0 fully saturated rings. The third-order valence-corrected chi connectivity index (χ3v) is 5.97. The van der Waals surface area contributed by atoms with E-state index in [2.05, 4.69) is 0 Å². The second-order valence-electron chi connectivity index (χ2n) is 4.61. The van der Waals surface area contributed by atoms with Gasteiger partial charge >= 0.3 is 0 Å². The Morgan fingerprint density at radius 2 is 2.05 bits per heavy atom. The summed E-state index contributed by atoms with van der Waals surface area (Å²) in [6, 6.07) is 5.89. The zero-order valence-electron chi connectivity index (χ0n) is 11.4. The number of benzene rings is 1. The van der Waals surface area contributed by atoms with Crippen molar-refractivity contribution in [3.8, 4) is 0 Å². The van der Waals surface area contributed by atoms with Crippen LogP contribution in [0.25, 0.3) is 0 Å². The minimum absolute atomic E-state index is 0.0240. The summed E-state index contributed by atoms with van der Waals surface area (Å²) >= 11 is 7.14. The molecular weight excluding hydrogens is 335 g/mol. The van der Waals surface area contributed by atoms with Gasteiger partial charge in [0.05, 0.1) is 14.9 Å². The molecule has 2 aromatic rings. The molecule has 8 heteroatoms. The van der Waals surface area contributed by atoms with Gasteiger partial charge in [0.2, 0.25) is 10.0 Å². The van der Waals surface area contributed by atoms with Crippen molar-refractivity contribution in [2.45, 2.75) is 18.4 Å². The number of anilines is 1. The van der Waals surface area contributed by atoms with Gasteiger partial charge in [-0.15, -0.1) is 11.3 Å². The number of halogens is 2. The molecule has 2 rings (SSSR count). The fourth-order valence-electron chi connectivity index (χ4n) is 1.83. The zero-order valence-corrected chi connectivity index (χ0v) is 13.8. The average Bonchev–Trinajstić information content (AvgIpc) is 2.80. The number of nitrogens with two attached hydrogens (primary N) is 1. The van der Waals surface area contributed by atoms with Gasteiger partial charge in [0.25, 0.3) is 0 Å². The van der Waals surface area contributed by atoms with Crippen LogP contribution in [0, 0.1) is 12.7 Å². The molecule has 0 spiro atoms. The third-order valence-electron chi connectivity index (χ3n) is 2.97. The molecule has 0 saturated heterocycles. The quantitative estimate of drug-likeness (QED) is 0.862. The Morgan fingerprint density at radius 1 is 1.38 bits per heavy atom. The van der Waals surface area contributed by atoms with Crippen LogP contribution in [0.2, 0.25) is 4.34 Å². The number of thiophene rings is 1. The van der Waals surface area contributed by atoms with Crippen molar-refractivity contribution < 1.29 is 12.8 Å². The van der Waals surface area contributed by atoms with E-state index in [1.165, 1.54) is 35.7 Å². The van der Waals surface area contributed by atoms with E-state index in [4.69, 9.17) is 17.3 Å². The molecule has 0 bridgehead atoms. The normalized spacial score (nSPS) is 12.0. The van der Waals surface area contributed by atoms with Crippen LogP contribution in [-0.2, 0) is 16.6 Å². The molecule has 0 saturated carbocycles. The number of sulfonamides is 1. The largest absolute Gasteiger partial charge is 0.396 e. The Balaban J connectivity index is 2.33. The minimum Gasteiger partial charge on any atom is -0.396 e. The van der Waals surface area contributed by atoms with E-state index >= 15 is 0 Å². The second-order valence-corrected chi connectivity index (χ2v) is 8.45. The summed E-state index contributed by atoms with van der Waals surface area (Å²) in [5.41, 5.74) is 5.52. The summed E-state index contributed by atoms with van der Waals surface area (Å²) in [6.07, 6.45) is 0. The van der Waals surface area contributed by atoms with E-state index in [9.17, 15) is 12.8 Å². The zero-order chi connectivity index (χ0) is 15.8. The van der Waals surface area contributed by atoms with Gasteiger partial charge < -0.3 is 5.73 Å². The number of hydrogen-bond acceptors (Lipinski definition) is 4. The second kappa shape index (κ2) is 5.92. The first-order valence-electron chi connectivity index (χ1n) is 5.98. The summed E-state index contributed by atoms with van der Waals surface area (Å²) in [7, 11) is -2.28. The molecule has 0 aliphatic rings. The molecule has 0 radical (unpaired) electrons. The van der Waals surface area contributed by atoms with E-state index in [1.54, 1.807) is 12.1 Å². The number of aryl methyl sites for hydroxylation is 1. The van der Waals surface area contributed by atoms with Crippen molar-refractivity contribution in [2.24, 2.45) is 0 Å². The molecule has 0 atom stereocenters. The molecule has 2 N–H and O–H groups in total. The number of rotatable bonds is 4. The molecule has 114 valence electrons. The lowest BCUT2D eigenvalue weighted by molar-refractivity contribution is 0.469. The van der Waals surface area contributed by atoms with Crippen LogP contribution in [-0.4, -0.2) is 19.8 Å². The highest BCUT2D eigenvalue weighted by atomic mass is 35.5. The Hall–Kier alpha value is -1.15. The first-order chi connectivity index (χ1) is 9.71. The summed E-state index contributed by atoms with van der Waals surface area (Å²) in [5, 5.41) is 0. The number of hydrogen-bond donors (Lipinski definition) is 1. The van der Waals surface area contributed by atoms with Crippen molar-refractivity contribution in [3.63, 3.8) is 0 Å². The molecule has 4 nitrogen and oxygen atoms in total. The Bertz CT molecular complexity index is 751. The predicted octanol–water partition coefficient (Wildman–Crippen LogP) is 3.25. The highest BCUT2D eigenvalue weighted by molar-refractivity contribution is 7.89. The van der Waals surface area contributed by atoms with Crippen LogP contribution in [0.15, 0.2) is 29.2 Å². The maximum Gasteiger partial charge on any atom is 0.243 e. The number of nitrogen functional groups attached to an aromatic ring is 1. The third kappa shape index (κ3) is 3.37. The number of nitrogens with zero attached hydrogens (tertiary/aromatic N) is 1. The molecular formula is C13H14ClFN2O2S2. The van der Waals surface area contributed by atoms with E-state index in [0.717, 1.165) is 10.9 Å². The average molecular weight is 349 g/mol. The van der Waals surface area contributed by atoms with E-state index in [1.807, 2.05) is 0 Å². The van der Waals surface area contributed by atoms with Crippen LogP contribution in [0.5, 0.6) is 0 Å². The van der Waals surface area contributed by atoms with Crippen molar-refractivity contribution in [1.82, 2.24) is 4.31 Å². The standard InChI is InChI=1S/C13H14ClFN2O2S2/c1-8-5-10(6-11(16)13(8)15)21(18,19)17(2)7-9-3-4-12(14)20-9/h3-6H,7,16H2,1-2H3. The highest BCUT2D eigenvalue weighted by Crippen LogP contribution is 2.26. The Kier molecular flexibility index (Phi) is 4.57. The lowest BCUT2D eigenvalue weighted by Gasteiger charge is -2.17. The van der Waals surface area contributed by atoms with Gasteiger partial charge in [0, 0.05) is 18.5 Å². The van der Waals surface area contributed by atoms with Crippen molar-refractivity contribution in [3.05, 3.63) is 44.9 Å². The molecule has 1 heterocycles. The molecule has 1 aromatic heterocycles. The Morgan fingerprint density at radius 3 is 2.57 bits per heavy atom. The smallest absolute Gasteiger partial charge is 0.243 e. The summed E-state index contributed by atoms with van der Waals surface area (Å²) < 4.78 is 40.2. The molecule has 21 heavy (non-hydrogen) atoms. The van der Waals surface area contributed by atoms with Gasteiger partial charge in [-0.1, -0.05) is 11.6 Å². The molecule has 1 aromatic carbocycles. The SMILES string of the molecule is Cc1cc(S(=O)(=O)N(C)Cc2ccc(Cl)s2)cc(N)c1F. The van der Waals surface area contributed by atoms with Gasteiger partial charge in [-0.2, -0.15) is 4.31 Å². The van der Waals surface area contributed by atoms with Crippen LogP contribution in [0.3, 0.4) is 0 Å². The van der Waals surface area contributed by atoms with E-state index in [0.29, 0.717) is 4.34 Å². The van der Waals surface area contributed by atoms with Crippen LogP contribution in [0.1, 0.15) is 10.4 Å². The van der Waals surface area contributed by atoms with Crippen molar-refractivity contribution >= 4 is 38.6 Å². The Labute approximate surface area is 132 Å². The van der Waals surface area contributed by atoms with Gasteiger partial charge in [-0.25, -0.2) is 12.8 Å². The monoisotopic (exact) mass is 348 g/mol. The minimum atomic E-state index is -3.74. The molecule has 0 aliphatic carbocycles. The predicted molar refractivity (Wildman–Crippen MR) is 83.5 cm³/mol. The van der Waals surface area contributed by atoms with E-state index in [-0.39, 0.29) is 22.7 Å². The maximum atomic E-state index is 13.5. The van der Waals surface area contributed by atoms with Crippen LogP contribution in [0.4, 0.5) is 10.1 Å². The molecule has 0 aliphatic heterocycles. The van der Waals surface area contributed by atoms with Crippen LogP contribution < -0.4 is 5.73 Å². The summed E-state index contributed by atoms with van der Waals surface area (Å²) in [4.78, 5) is 0.793. The lowest BCUT2D eigenvalue weighted by Crippen LogP contribution is -2.26. The lowest BCUT2D eigenvalue weighted by atomic mass is 10.2. The fraction of sp³-hybridized carbons (Fsp3) is 0.231.